The van der Waals surface area contributed by atoms with Gasteiger partial charge in [0.1, 0.15) is 0 Å². The highest BCUT2D eigenvalue weighted by atomic mass is 79.9. The van der Waals surface area contributed by atoms with Gasteiger partial charge in [-0.15, -0.1) is 0 Å². The third-order valence-electron chi connectivity index (χ3n) is 2.81. The number of halogens is 2. The second-order valence-electron chi connectivity index (χ2n) is 4.24. The molecule has 2 aromatic rings. The van der Waals surface area contributed by atoms with Crippen LogP contribution in [0.3, 0.4) is 0 Å². The van der Waals surface area contributed by atoms with Crippen molar-refractivity contribution in [2.75, 3.05) is 0 Å². The smallest absolute Gasteiger partial charge is 0.304 e. The maximum absolute atomic E-state index is 13.4. The zero-order valence-corrected chi connectivity index (χ0v) is 12.1. The third-order valence-corrected chi connectivity index (χ3v) is 3.58. The van der Waals surface area contributed by atoms with Gasteiger partial charge in [0.2, 0.25) is 5.82 Å². The Bertz CT molecular complexity index is 634. The number of hydrogen-bond donors (Lipinski definition) is 1. The van der Waals surface area contributed by atoms with Crippen LogP contribution in [0.5, 0.6) is 0 Å². The summed E-state index contributed by atoms with van der Waals surface area (Å²) in [6, 6.07) is 11.7. The van der Waals surface area contributed by atoms with Crippen molar-refractivity contribution < 1.29 is 9.31 Å². The highest BCUT2D eigenvalue weighted by Gasteiger charge is 2.13. The van der Waals surface area contributed by atoms with E-state index in [9.17, 15) is 14.5 Å². The quantitative estimate of drug-likeness (QED) is 0.666. The van der Waals surface area contributed by atoms with Crippen molar-refractivity contribution in [3.8, 4) is 0 Å². The molecule has 0 aliphatic rings. The lowest BCUT2D eigenvalue weighted by atomic mass is 10.2. The van der Waals surface area contributed by atoms with Crippen LogP contribution in [0.15, 0.2) is 46.9 Å². The van der Waals surface area contributed by atoms with Gasteiger partial charge in [0.15, 0.2) is 0 Å². The number of hydrogen-bond acceptors (Lipinski definition) is 3. The van der Waals surface area contributed by atoms with Crippen LogP contribution in [-0.2, 0) is 13.1 Å². The summed E-state index contributed by atoms with van der Waals surface area (Å²) in [6.45, 7) is 1.07. The fraction of sp³-hybridized carbons (Fsp3) is 0.143. The van der Waals surface area contributed by atoms with Gasteiger partial charge in [-0.2, -0.15) is 4.39 Å². The van der Waals surface area contributed by atoms with Crippen LogP contribution in [0.2, 0.25) is 0 Å². The van der Waals surface area contributed by atoms with Crippen molar-refractivity contribution in [1.82, 2.24) is 5.32 Å². The van der Waals surface area contributed by atoms with E-state index in [1.54, 1.807) is 6.07 Å². The number of nitrogens with one attached hydrogen (secondary N) is 1. The summed E-state index contributed by atoms with van der Waals surface area (Å²) in [5.41, 5.74) is 1.26. The van der Waals surface area contributed by atoms with E-state index in [1.807, 2.05) is 24.3 Å². The molecule has 0 spiro atoms. The largest absolute Gasteiger partial charge is 0.309 e. The van der Waals surface area contributed by atoms with Crippen LogP contribution in [0.4, 0.5) is 10.1 Å². The summed E-state index contributed by atoms with van der Waals surface area (Å²) in [5.74, 6) is -0.810. The number of rotatable bonds is 5. The molecule has 0 saturated carbocycles. The molecule has 0 atom stereocenters. The van der Waals surface area contributed by atoms with E-state index in [2.05, 4.69) is 21.2 Å². The Kier molecular flexibility index (Phi) is 4.81. The molecule has 2 aromatic carbocycles. The molecule has 4 nitrogen and oxygen atoms in total. The van der Waals surface area contributed by atoms with Crippen LogP contribution < -0.4 is 5.32 Å². The monoisotopic (exact) mass is 338 g/mol. The summed E-state index contributed by atoms with van der Waals surface area (Å²) >= 11 is 3.44. The standard InChI is InChI=1S/C14H12BrFN2O2/c15-12-4-2-1-3-11(12)9-17-8-10-5-6-14(18(19)20)13(16)7-10/h1-7,17H,8-9H2. The molecule has 0 bridgehead atoms. The Morgan fingerprint density at radius 2 is 1.95 bits per heavy atom. The van der Waals surface area contributed by atoms with Gasteiger partial charge in [0, 0.05) is 23.6 Å². The lowest BCUT2D eigenvalue weighted by molar-refractivity contribution is -0.387. The Hall–Kier alpha value is -1.79. The van der Waals surface area contributed by atoms with Gasteiger partial charge in [-0.25, -0.2) is 0 Å². The molecular weight excluding hydrogens is 327 g/mol. The predicted molar refractivity (Wildman–Crippen MR) is 77.7 cm³/mol. The zero-order chi connectivity index (χ0) is 14.5. The zero-order valence-electron chi connectivity index (χ0n) is 10.5. The van der Waals surface area contributed by atoms with Crippen LogP contribution in [0.25, 0.3) is 0 Å². The molecule has 0 aromatic heterocycles. The van der Waals surface area contributed by atoms with Crippen LogP contribution in [0.1, 0.15) is 11.1 Å². The molecule has 20 heavy (non-hydrogen) atoms. The van der Waals surface area contributed by atoms with Gasteiger partial charge >= 0.3 is 5.69 Å². The van der Waals surface area contributed by atoms with E-state index in [4.69, 9.17) is 0 Å². The van der Waals surface area contributed by atoms with E-state index >= 15 is 0 Å². The normalized spacial score (nSPS) is 10.5. The average Bonchev–Trinajstić information content (AvgIpc) is 2.40. The molecule has 0 radical (unpaired) electrons. The minimum atomic E-state index is -0.810. The van der Waals surface area contributed by atoms with E-state index in [0.29, 0.717) is 18.7 Å². The molecule has 0 fully saturated rings. The van der Waals surface area contributed by atoms with Crippen molar-refractivity contribution >= 4 is 21.6 Å². The van der Waals surface area contributed by atoms with Gasteiger partial charge in [-0.1, -0.05) is 40.2 Å². The molecule has 0 aliphatic heterocycles. The van der Waals surface area contributed by atoms with Gasteiger partial charge in [0.05, 0.1) is 4.92 Å². The summed E-state index contributed by atoms with van der Waals surface area (Å²) in [4.78, 5) is 9.79. The summed E-state index contributed by atoms with van der Waals surface area (Å²) in [7, 11) is 0. The van der Waals surface area contributed by atoms with E-state index in [-0.39, 0.29) is 0 Å². The first-order valence-corrected chi connectivity index (χ1v) is 6.74. The topological polar surface area (TPSA) is 55.2 Å². The average molecular weight is 339 g/mol. The summed E-state index contributed by atoms with van der Waals surface area (Å²) in [6.07, 6.45) is 0. The summed E-state index contributed by atoms with van der Waals surface area (Å²) < 4.78 is 14.4. The lowest BCUT2D eigenvalue weighted by Crippen LogP contribution is -2.13. The molecule has 0 saturated heterocycles. The molecule has 0 amide bonds. The maximum Gasteiger partial charge on any atom is 0.304 e. The molecule has 0 heterocycles. The molecule has 0 unspecified atom stereocenters. The summed E-state index contributed by atoms with van der Waals surface area (Å²) in [5, 5.41) is 13.7. The maximum atomic E-state index is 13.4. The van der Waals surface area contributed by atoms with Gasteiger partial charge in [-0.05, 0) is 23.3 Å². The van der Waals surface area contributed by atoms with Crippen molar-refractivity contribution in [1.29, 1.82) is 0 Å². The SMILES string of the molecule is O=[N+]([O-])c1ccc(CNCc2ccccc2Br)cc1F. The highest BCUT2D eigenvalue weighted by Crippen LogP contribution is 2.18. The van der Waals surface area contributed by atoms with E-state index < -0.39 is 16.4 Å². The Morgan fingerprint density at radius 1 is 1.20 bits per heavy atom. The van der Waals surface area contributed by atoms with Crippen molar-refractivity contribution in [3.63, 3.8) is 0 Å². The number of nitro benzene ring substituents is 1. The Labute approximate surface area is 123 Å². The second kappa shape index (κ2) is 6.58. The number of benzene rings is 2. The minimum Gasteiger partial charge on any atom is -0.309 e. The minimum absolute atomic E-state index is 0.441. The van der Waals surface area contributed by atoms with Crippen LogP contribution >= 0.6 is 15.9 Å². The lowest BCUT2D eigenvalue weighted by Gasteiger charge is -2.07. The third kappa shape index (κ3) is 3.61. The van der Waals surface area contributed by atoms with Crippen molar-refractivity contribution in [2.45, 2.75) is 13.1 Å². The Balaban J connectivity index is 1.97. The van der Waals surface area contributed by atoms with Gasteiger partial charge in [0.25, 0.3) is 0 Å². The fourth-order valence-electron chi connectivity index (χ4n) is 1.79. The predicted octanol–water partition coefficient (Wildman–Crippen LogP) is 3.79. The first-order valence-electron chi connectivity index (χ1n) is 5.95. The second-order valence-corrected chi connectivity index (χ2v) is 5.09. The molecule has 1 N–H and O–H groups in total. The molecule has 6 heteroatoms. The first kappa shape index (κ1) is 14.6. The van der Waals surface area contributed by atoms with Crippen molar-refractivity contribution in [2.24, 2.45) is 0 Å². The van der Waals surface area contributed by atoms with E-state index in [0.717, 1.165) is 10.0 Å². The first-order chi connectivity index (χ1) is 9.58. The van der Waals surface area contributed by atoms with E-state index in [1.165, 1.54) is 12.1 Å². The van der Waals surface area contributed by atoms with Crippen LogP contribution in [-0.4, -0.2) is 4.92 Å². The fourth-order valence-corrected chi connectivity index (χ4v) is 2.22. The number of nitro groups is 1. The number of nitrogens with zero attached hydrogens (tertiary/aromatic N) is 1. The molecular formula is C14H12BrFN2O2. The Morgan fingerprint density at radius 3 is 2.60 bits per heavy atom. The van der Waals surface area contributed by atoms with Crippen LogP contribution in [0, 0.1) is 15.9 Å². The van der Waals surface area contributed by atoms with Crippen molar-refractivity contribution in [3.05, 3.63) is 74.0 Å². The molecule has 2 rings (SSSR count). The highest BCUT2D eigenvalue weighted by molar-refractivity contribution is 9.10. The van der Waals surface area contributed by atoms with Gasteiger partial charge < -0.3 is 5.32 Å². The van der Waals surface area contributed by atoms with Gasteiger partial charge in [-0.3, -0.25) is 10.1 Å². The molecule has 0 aliphatic carbocycles. The molecule has 104 valence electrons.